The number of rotatable bonds is 6. The summed E-state index contributed by atoms with van der Waals surface area (Å²) in [5, 5.41) is 6.71. The van der Waals surface area contributed by atoms with Crippen LogP contribution >= 0.6 is 11.3 Å². The first-order valence-electron chi connectivity index (χ1n) is 8.14. The summed E-state index contributed by atoms with van der Waals surface area (Å²) in [6, 6.07) is 7.67. The fourth-order valence-corrected chi connectivity index (χ4v) is 3.38. The molecule has 6 nitrogen and oxygen atoms in total. The molecule has 0 aliphatic heterocycles. The van der Waals surface area contributed by atoms with Gasteiger partial charge in [0, 0.05) is 24.8 Å². The maximum atomic E-state index is 12.3. The summed E-state index contributed by atoms with van der Waals surface area (Å²) in [6.07, 6.45) is 2.64. The molecule has 1 aromatic carbocycles. The van der Waals surface area contributed by atoms with Crippen molar-refractivity contribution in [2.45, 2.75) is 20.3 Å². The van der Waals surface area contributed by atoms with Gasteiger partial charge in [-0.1, -0.05) is 17.4 Å². The van der Waals surface area contributed by atoms with Gasteiger partial charge in [-0.05, 0) is 49.6 Å². The van der Waals surface area contributed by atoms with Crippen LogP contribution in [0.15, 0.2) is 30.5 Å². The minimum absolute atomic E-state index is 0.0783. The Balaban J connectivity index is 1.50. The van der Waals surface area contributed by atoms with Crippen molar-refractivity contribution in [2.24, 2.45) is 0 Å². The summed E-state index contributed by atoms with van der Waals surface area (Å²) >= 11 is 1.40. The predicted molar refractivity (Wildman–Crippen MR) is 103 cm³/mol. The normalized spacial score (nSPS) is 10.8. The second-order valence-corrected chi connectivity index (χ2v) is 7.01. The van der Waals surface area contributed by atoms with E-state index >= 15 is 0 Å². The van der Waals surface area contributed by atoms with E-state index < -0.39 is 0 Å². The highest BCUT2D eigenvalue weighted by Gasteiger charge is 2.11. The fourth-order valence-electron chi connectivity index (χ4n) is 2.53. The van der Waals surface area contributed by atoms with E-state index in [-0.39, 0.29) is 5.91 Å². The van der Waals surface area contributed by atoms with Crippen LogP contribution in [0.2, 0.25) is 0 Å². The molecule has 0 aliphatic carbocycles. The fraction of sp³-hybridized carbons (Fsp3) is 0.278. The van der Waals surface area contributed by atoms with E-state index in [4.69, 9.17) is 5.73 Å². The maximum Gasteiger partial charge on any atom is 0.251 e. The van der Waals surface area contributed by atoms with Crippen LogP contribution in [0, 0.1) is 13.8 Å². The lowest BCUT2D eigenvalue weighted by atomic mass is 10.1. The van der Waals surface area contributed by atoms with Crippen LogP contribution in [0.1, 0.15) is 27.9 Å². The highest BCUT2D eigenvalue weighted by Crippen LogP contribution is 2.27. The average molecular weight is 355 g/mol. The second-order valence-electron chi connectivity index (χ2n) is 5.95. The molecule has 3 aromatic rings. The second kappa shape index (κ2) is 7.48. The number of nitrogens with zero attached hydrogens (tertiary/aromatic N) is 2. The summed E-state index contributed by atoms with van der Waals surface area (Å²) in [5.41, 5.74) is 9.35. The maximum absolute atomic E-state index is 12.3. The van der Waals surface area contributed by atoms with E-state index in [0.717, 1.165) is 40.1 Å². The topological polar surface area (TPSA) is 92.9 Å². The van der Waals surface area contributed by atoms with Crippen LogP contribution < -0.4 is 16.4 Å². The third-order valence-corrected chi connectivity index (χ3v) is 4.65. The Morgan fingerprint density at radius 3 is 2.84 bits per heavy atom. The lowest BCUT2D eigenvalue weighted by Crippen LogP contribution is -2.26. The summed E-state index contributed by atoms with van der Waals surface area (Å²) in [4.78, 5) is 20.9. The van der Waals surface area contributed by atoms with Gasteiger partial charge in [-0.3, -0.25) is 4.79 Å². The Kier molecular flexibility index (Phi) is 5.14. The number of aromatic nitrogens is 2. The Labute approximate surface area is 150 Å². The van der Waals surface area contributed by atoms with Gasteiger partial charge in [-0.15, -0.1) is 0 Å². The predicted octanol–water partition coefficient (Wildman–Crippen LogP) is 3.12. The van der Waals surface area contributed by atoms with Crippen molar-refractivity contribution in [3.05, 3.63) is 47.2 Å². The number of thiazole rings is 1. The molecule has 7 heteroatoms. The molecule has 0 radical (unpaired) electrons. The molecule has 0 atom stereocenters. The first-order valence-corrected chi connectivity index (χ1v) is 8.96. The number of pyridine rings is 1. The van der Waals surface area contributed by atoms with E-state index in [1.54, 1.807) is 0 Å². The molecule has 0 spiro atoms. The van der Waals surface area contributed by atoms with Gasteiger partial charge in [0.1, 0.15) is 5.82 Å². The van der Waals surface area contributed by atoms with Gasteiger partial charge in [-0.25, -0.2) is 9.97 Å². The lowest BCUT2D eigenvalue weighted by Gasteiger charge is -2.08. The number of carbonyl (C=O) groups is 1. The van der Waals surface area contributed by atoms with Crippen LogP contribution in [0.3, 0.4) is 0 Å². The molecule has 2 heterocycles. The van der Waals surface area contributed by atoms with Crippen molar-refractivity contribution in [3.8, 4) is 0 Å². The average Bonchev–Trinajstić information content (AvgIpc) is 2.97. The number of anilines is 2. The summed E-state index contributed by atoms with van der Waals surface area (Å²) in [5.74, 6) is 0.770. The number of hydrogen-bond acceptors (Lipinski definition) is 6. The molecule has 1 amide bonds. The summed E-state index contributed by atoms with van der Waals surface area (Å²) < 4.78 is 0.940. The van der Waals surface area contributed by atoms with Gasteiger partial charge in [0.15, 0.2) is 5.13 Å². The monoisotopic (exact) mass is 355 g/mol. The lowest BCUT2D eigenvalue weighted by molar-refractivity contribution is 0.0953. The molecule has 0 aliphatic rings. The number of carbonyl (C=O) groups excluding carboxylic acids is 1. The Bertz CT molecular complexity index is 888. The van der Waals surface area contributed by atoms with E-state index in [0.29, 0.717) is 17.2 Å². The van der Waals surface area contributed by atoms with Crippen molar-refractivity contribution < 1.29 is 4.79 Å². The number of nitrogens with one attached hydrogen (secondary N) is 2. The minimum atomic E-state index is -0.0783. The largest absolute Gasteiger partial charge is 0.375 e. The zero-order valence-corrected chi connectivity index (χ0v) is 15.1. The van der Waals surface area contributed by atoms with Crippen molar-refractivity contribution >= 4 is 38.4 Å². The highest BCUT2D eigenvalue weighted by molar-refractivity contribution is 7.22. The van der Waals surface area contributed by atoms with Gasteiger partial charge >= 0.3 is 0 Å². The first kappa shape index (κ1) is 17.2. The van der Waals surface area contributed by atoms with Crippen LogP contribution in [-0.2, 0) is 0 Å². The van der Waals surface area contributed by atoms with Crippen LogP contribution in [0.5, 0.6) is 0 Å². The van der Waals surface area contributed by atoms with Crippen molar-refractivity contribution in [2.75, 3.05) is 24.1 Å². The van der Waals surface area contributed by atoms with E-state index in [2.05, 4.69) is 20.6 Å². The van der Waals surface area contributed by atoms with Crippen molar-refractivity contribution in [1.82, 2.24) is 15.3 Å². The Morgan fingerprint density at radius 2 is 2.08 bits per heavy atom. The van der Waals surface area contributed by atoms with Crippen LogP contribution in [0.4, 0.5) is 10.9 Å². The van der Waals surface area contributed by atoms with Gasteiger partial charge in [0.05, 0.1) is 10.2 Å². The summed E-state index contributed by atoms with van der Waals surface area (Å²) in [6.45, 7) is 5.29. The molecular weight excluding hydrogens is 334 g/mol. The van der Waals surface area contributed by atoms with Crippen LogP contribution in [-0.4, -0.2) is 29.0 Å². The van der Waals surface area contributed by atoms with Gasteiger partial charge < -0.3 is 16.4 Å². The van der Waals surface area contributed by atoms with Crippen LogP contribution in [0.25, 0.3) is 10.2 Å². The molecule has 2 aromatic heterocycles. The standard InChI is InChI=1S/C18H21N5OS/c1-11-4-5-15(22-10-11)20-6-3-7-21-17(24)13-8-12(2)16-14(9-13)25-18(19)23-16/h4-5,8-10H,3,6-7H2,1-2H3,(H2,19,23)(H,20,22)(H,21,24). The zero-order chi connectivity index (χ0) is 17.8. The van der Waals surface area contributed by atoms with E-state index in [9.17, 15) is 4.79 Å². The van der Waals surface area contributed by atoms with Gasteiger partial charge in [0.25, 0.3) is 5.91 Å². The molecule has 25 heavy (non-hydrogen) atoms. The SMILES string of the molecule is Cc1ccc(NCCCNC(=O)c2cc(C)c3nc(N)sc3c2)nc1. The number of benzene rings is 1. The Hall–Kier alpha value is -2.67. The molecule has 130 valence electrons. The quantitative estimate of drug-likeness (QED) is 0.591. The van der Waals surface area contributed by atoms with E-state index in [1.165, 1.54) is 11.3 Å². The molecule has 3 rings (SSSR count). The van der Waals surface area contributed by atoms with Gasteiger partial charge in [0.2, 0.25) is 0 Å². The zero-order valence-electron chi connectivity index (χ0n) is 14.3. The number of aryl methyl sites for hydroxylation is 2. The third kappa shape index (κ3) is 4.24. The Morgan fingerprint density at radius 1 is 1.24 bits per heavy atom. The molecule has 0 unspecified atom stereocenters. The highest BCUT2D eigenvalue weighted by atomic mass is 32.1. The van der Waals surface area contributed by atoms with E-state index in [1.807, 2.05) is 44.3 Å². The number of hydrogen-bond donors (Lipinski definition) is 3. The van der Waals surface area contributed by atoms with Gasteiger partial charge in [-0.2, -0.15) is 0 Å². The molecule has 0 saturated heterocycles. The first-order chi connectivity index (χ1) is 12.0. The smallest absolute Gasteiger partial charge is 0.251 e. The number of amides is 1. The minimum Gasteiger partial charge on any atom is -0.375 e. The van der Waals surface area contributed by atoms with Crippen molar-refractivity contribution in [1.29, 1.82) is 0 Å². The molecule has 0 fully saturated rings. The number of fused-ring (bicyclic) bond motifs is 1. The third-order valence-electron chi connectivity index (χ3n) is 3.82. The number of nitrogens with two attached hydrogens (primary N) is 1. The molecule has 0 bridgehead atoms. The molecule has 0 saturated carbocycles. The van der Waals surface area contributed by atoms with Crippen molar-refractivity contribution in [3.63, 3.8) is 0 Å². The number of nitrogen functional groups attached to an aromatic ring is 1. The summed E-state index contributed by atoms with van der Waals surface area (Å²) in [7, 11) is 0. The molecule has 4 N–H and O–H groups in total. The molecular formula is C18H21N5OS.